The van der Waals surface area contributed by atoms with E-state index >= 15 is 0 Å². The van der Waals surface area contributed by atoms with Crippen LogP contribution in [0.5, 0.6) is 11.6 Å². The molecule has 0 radical (unpaired) electrons. The second-order valence-corrected chi connectivity index (χ2v) is 5.79. The lowest BCUT2D eigenvalue weighted by atomic mass is 10.2. The van der Waals surface area contributed by atoms with Crippen LogP contribution in [0.15, 0.2) is 47.8 Å². The molecular formula is C14H9N3O2S2. The SMILES string of the molecule is O=C1NC(=S)SC1=Cc1ccc(Oc2cnccn2)cc1. The van der Waals surface area contributed by atoms with Gasteiger partial charge in [-0.15, -0.1) is 0 Å². The maximum Gasteiger partial charge on any atom is 0.263 e. The van der Waals surface area contributed by atoms with Crippen LogP contribution in [0.1, 0.15) is 5.56 Å². The maximum absolute atomic E-state index is 11.6. The minimum absolute atomic E-state index is 0.162. The highest BCUT2D eigenvalue weighted by molar-refractivity contribution is 8.26. The van der Waals surface area contributed by atoms with Crippen LogP contribution in [0.2, 0.25) is 0 Å². The van der Waals surface area contributed by atoms with E-state index in [0.29, 0.717) is 20.9 Å². The summed E-state index contributed by atoms with van der Waals surface area (Å²) in [6.07, 6.45) is 6.46. The van der Waals surface area contributed by atoms with Crippen molar-refractivity contribution >= 4 is 40.3 Å². The molecule has 0 unspecified atom stereocenters. The fourth-order valence-electron chi connectivity index (χ4n) is 1.66. The standard InChI is InChI=1S/C14H9N3O2S2/c18-13-11(21-14(20)17-13)7-9-1-3-10(4-2-9)19-12-8-15-5-6-16-12/h1-8H,(H,17,18,20). The molecule has 1 saturated heterocycles. The molecule has 2 heterocycles. The van der Waals surface area contributed by atoms with Gasteiger partial charge in [-0.2, -0.15) is 0 Å². The molecule has 1 aromatic carbocycles. The van der Waals surface area contributed by atoms with E-state index in [1.54, 1.807) is 30.6 Å². The van der Waals surface area contributed by atoms with Crippen molar-refractivity contribution in [1.29, 1.82) is 0 Å². The lowest BCUT2D eigenvalue weighted by molar-refractivity contribution is -0.115. The van der Waals surface area contributed by atoms with Crippen molar-refractivity contribution in [3.63, 3.8) is 0 Å². The topological polar surface area (TPSA) is 64.1 Å². The Hall–Kier alpha value is -2.25. The fraction of sp³-hybridized carbons (Fsp3) is 0. The largest absolute Gasteiger partial charge is 0.438 e. The molecule has 5 nitrogen and oxygen atoms in total. The van der Waals surface area contributed by atoms with Crippen LogP contribution in [0.25, 0.3) is 6.08 Å². The first-order valence-electron chi connectivity index (χ1n) is 5.99. The molecule has 3 rings (SSSR count). The zero-order chi connectivity index (χ0) is 14.7. The van der Waals surface area contributed by atoms with Crippen molar-refractivity contribution in [3.8, 4) is 11.6 Å². The average molecular weight is 315 g/mol. The minimum atomic E-state index is -0.162. The van der Waals surface area contributed by atoms with Crippen LogP contribution in [-0.2, 0) is 4.79 Å². The van der Waals surface area contributed by atoms with Gasteiger partial charge in [0.05, 0.1) is 11.1 Å². The molecule has 0 spiro atoms. The van der Waals surface area contributed by atoms with E-state index in [9.17, 15) is 4.79 Å². The molecule has 0 bridgehead atoms. The Labute approximate surface area is 130 Å². The number of nitrogens with one attached hydrogen (secondary N) is 1. The van der Waals surface area contributed by atoms with Gasteiger partial charge in [0.15, 0.2) is 0 Å². The number of rotatable bonds is 3. The lowest BCUT2D eigenvalue weighted by Crippen LogP contribution is -2.17. The number of hydrogen-bond acceptors (Lipinski definition) is 6. The van der Waals surface area contributed by atoms with E-state index in [0.717, 1.165) is 5.56 Å². The van der Waals surface area contributed by atoms with Gasteiger partial charge in [-0.1, -0.05) is 36.1 Å². The van der Waals surface area contributed by atoms with Gasteiger partial charge in [-0.05, 0) is 23.8 Å². The van der Waals surface area contributed by atoms with Crippen LogP contribution in [0.4, 0.5) is 0 Å². The average Bonchev–Trinajstić information content (AvgIpc) is 2.80. The van der Waals surface area contributed by atoms with Gasteiger partial charge >= 0.3 is 0 Å². The van der Waals surface area contributed by atoms with E-state index < -0.39 is 0 Å². The Morgan fingerprint density at radius 3 is 2.67 bits per heavy atom. The van der Waals surface area contributed by atoms with Crippen molar-refractivity contribution in [2.24, 2.45) is 0 Å². The van der Waals surface area contributed by atoms with Crippen molar-refractivity contribution in [2.75, 3.05) is 0 Å². The summed E-state index contributed by atoms with van der Waals surface area (Å²) in [6, 6.07) is 7.32. The van der Waals surface area contributed by atoms with E-state index in [2.05, 4.69) is 15.3 Å². The Kier molecular flexibility index (Phi) is 3.94. The van der Waals surface area contributed by atoms with Gasteiger partial charge in [0.2, 0.25) is 5.88 Å². The second kappa shape index (κ2) is 6.02. The summed E-state index contributed by atoms with van der Waals surface area (Å²) < 4.78 is 6.02. The molecule has 0 atom stereocenters. The highest BCUT2D eigenvalue weighted by Gasteiger charge is 2.21. The van der Waals surface area contributed by atoms with Crippen LogP contribution >= 0.6 is 24.0 Å². The highest BCUT2D eigenvalue weighted by atomic mass is 32.2. The van der Waals surface area contributed by atoms with Gasteiger partial charge < -0.3 is 10.1 Å². The summed E-state index contributed by atoms with van der Waals surface area (Å²) in [5, 5.41) is 2.58. The predicted molar refractivity (Wildman–Crippen MR) is 84.9 cm³/mol. The number of carbonyl (C=O) groups is 1. The van der Waals surface area contributed by atoms with Crippen LogP contribution in [-0.4, -0.2) is 20.2 Å². The summed E-state index contributed by atoms with van der Waals surface area (Å²) >= 11 is 6.20. The molecule has 21 heavy (non-hydrogen) atoms. The molecule has 1 fully saturated rings. The number of thiocarbonyl (C=S) groups is 1. The molecule has 0 aliphatic carbocycles. The van der Waals surface area contributed by atoms with Crippen molar-refractivity contribution in [3.05, 3.63) is 53.3 Å². The van der Waals surface area contributed by atoms with E-state index in [1.807, 2.05) is 12.1 Å². The molecule has 1 aromatic heterocycles. The Morgan fingerprint density at radius 2 is 2.05 bits per heavy atom. The normalized spacial score (nSPS) is 16.1. The van der Waals surface area contributed by atoms with Gasteiger partial charge in [0.25, 0.3) is 5.91 Å². The second-order valence-electron chi connectivity index (χ2n) is 4.07. The Bertz CT molecular complexity index is 715. The number of thioether (sulfide) groups is 1. The summed E-state index contributed by atoms with van der Waals surface area (Å²) in [5.74, 6) is 0.918. The zero-order valence-corrected chi connectivity index (χ0v) is 12.3. The number of nitrogens with zero attached hydrogens (tertiary/aromatic N) is 2. The lowest BCUT2D eigenvalue weighted by Gasteiger charge is -2.04. The van der Waals surface area contributed by atoms with Crippen LogP contribution in [0, 0.1) is 0 Å². The third-order valence-electron chi connectivity index (χ3n) is 2.58. The molecule has 1 aliphatic rings. The number of ether oxygens (including phenoxy) is 1. The number of carbonyl (C=O) groups excluding carboxylic acids is 1. The summed E-state index contributed by atoms with van der Waals surface area (Å²) in [7, 11) is 0. The monoisotopic (exact) mass is 315 g/mol. The molecule has 0 saturated carbocycles. The number of benzene rings is 1. The molecule has 7 heteroatoms. The fourth-order valence-corrected chi connectivity index (χ4v) is 2.71. The first-order chi connectivity index (χ1) is 10.2. The first kappa shape index (κ1) is 13.7. The number of aromatic nitrogens is 2. The van der Waals surface area contributed by atoms with E-state index in [4.69, 9.17) is 17.0 Å². The smallest absolute Gasteiger partial charge is 0.263 e. The Balaban J connectivity index is 1.74. The molecule has 2 aromatic rings. The van der Waals surface area contributed by atoms with Gasteiger partial charge in [-0.3, -0.25) is 9.78 Å². The molecule has 104 valence electrons. The van der Waals surface area contributed by atoms with Gasteiger partial charge in [-0.25, -0.2) is 4.98 Å². The third-order valence-corrected chi connectivity index (χ3v) is 3.74. The number of hydrogen-bond donors (Lipinski definition) is 1. The van der Waals surface area contributed by atoms with E-state index in [1.165, 1.54) is 18.0 Å². The summed E-state index contributed by atoms with van der Waals surface area (Å²) in [4.78, 5) is 20.1. The highest BCUT2D eigenvalue weighted by Crippen LogP contribution is 2.26. The first-order valence-corrected chi connectivity index (χ1v) is 7.22. The molecule has 1 aliphatic heterocycles. The van der Waals surface area contributed by atoms with Crippen molar-refractivity contribution in [2.45, 2.75) is 0 Å². The zero-order valence-electron chi connectivity index (χ0n) is 10.6. The minimum Gasteiger partial charge on any atom is -0.438 e. The van der Waals surface area contributed by atoms with Crippen molar-refractivity contribution < 1.29 is 9.53 Å². The van der Waals surface area contributed by atoms with E-state index in [-0.39, 0.29) is 5.91 Å². The van der Waals surface area contributed by atoms with Gasteiger partial charge in [0, 0.05) is 12.4 Å². The maximum atomic E-state index is 11.6. The molecule has 1 N–H and O–H groups in total. The summed E-state index contributed by atoms with van der Waals surface area (Å²) in [5.41, 5.74) is 0.892. The predicted octanol–water partition coefficient (Wildman–Crippen LogP) is 2.76. The van der Waals surface area contributed by atoms with Crippen molar-refractivity contribution in [1.82, 2.24) is 15.3 Å². The summed E-state index contributed by atoms with van der Waals surface area (Å²) in [6.45, 7) is 0. The quantitative estimate of drug-likeness (QED) is 0.694. The number of amides is 1. The van der Waals surface area contributed by atoms with Gasteiger partial charge in [0.1, 0.15) is 10.1 Å². The molecular weight excluding hydrogens is 306 g/mol. The Morgan fingerprint density at radius 1 is 1.24 bits per heavy atom. The third kappa shape index (κ3) is 3.45. The van der Waals surface area contributed by atoms with Crippen LogP contribution in [0.3, 0.4) is 0 Å². The van der Waals surface area contributed by atoms with Crippen LogP contribution < -0.4 is 10.1 Å². The molecule has 1 amide bonds.